The van der Waals surface area contributed by atoms with Crippen LogP contribution in [0.3, 0.4) is 0 Å². The number of hydrogen-bond donors (Lipinski definition) is 1. The van der Waals surface area contributed by atoms with Crippen LogP contribution in [-0.2, 0) is 16.0 Å². The standard InChI is InChI=1S/C20H23NO3/c1-15-14-24-19(13-22)12-21(15)20(23)11-16-7-9-18(10-8-16)17-5-3-2-4-6-17/h2-10,15,19,22H,11-14H2,1H3. The van der Waals surface area contributed by atoms with Crippen LogP contribution >= 0.6 is 0 Å². The van der Waals surface area contributed by atoms with Crippen molar-refractivity contribution in [3.63, 3.8) is 0 Å². The van der Waals surface area contributed by atoms with Gasteiger partial charge in [-0.3, -0.25) is 4.79 Å². The molecule has 1 amide bonds. The normalized spacial score (nSPS) is 20.8. The highest BCUT2D eigenvalue weighted by Crippen LogP contribution is 2.20. The number of benzene rings is 2. The molecular formula is C20H23NO3. The van der Waals surface area contributed by atoms with Crippen molar-refractivity contribution in [2.75, 3.05) is 19.8 Å². The number of ether oxygens (including phenoxy) is 1. The molecule has 4 nitrogen and oxygen atoms in total. The van der Waals surface area contributed by atoms with Crippen molar-refractivity contribution in [2.45, 2.75) is 25.5 Å². The molecule has 0 saturated carbocycles. The average Bonchev–Trinajstić information content (AvgIpc) is 2.63. The van der Waals surface area contributed by atoms with Crippen LogP contribution in [0.5, 0.6) is 0 Å². The van der Waals surface area contributed by atoms with Crippen molar-refractivity contribution in [3.05, 3.63) is 60.2 Å². The minimum atomic E-state index is -0.273. The van der Waals surface area contributed by atoms with Crippen LogP contribution in [0.15, 0.2) is 54.6 Å². The van der Waals surface area contributed by atoms with E-state index in [1.54, 1.807) is 0 Å². The molecule has 0 aromatic heterocycles. The van der Waals surface area contributed by atoms with Crippen LogP contribution in [0.25, 0.3) is 11.1 Å². The lowest BCUT2D eigenvalue weighted by Crippen LogP contribution is -2.52. The zero-order valence-electron chi connectivity index (χ0n) is 13.9. The molecular weight excluding hydrogens is 302 g/mol. The van der Waals surface area contributed by atoms with Crippen molar-refractivity contribution in [1.82, 2.24) is 4.90 Å². The highest BCUT2D eigenvalue weighted by atomic mass is 16.5. The van der Waals surface area contributed by atoms with E-state index in [0.29, 0.717) is 19.6 Å². The molecule has 2 aromatic rings. The van der Waals surface area contributed by atoms with Gasteiger partial charge in [0.05, 0.1) is 31.8 Å². The van der Waals surface area contributed by atoms with Crippen LogP contribution in [0.2, 0.25) is 0 Å². The molecule has 1 fully saturated rings. The average molecular weight is 325 g/mol. The van der Waals surface area contributed by atoms with Gasteiger partial charge in [-0.15, -0.1) is 0 Å². The largest absolute Gasteiger partial charge is 0.394 e. The maximum absolute atomic E-state index is 12.6. The minimum Gasteiger partial charge on any atom is -0.394 e. The lowest BCUT2D eigenvalue weighted by Gasteiger charge is -2.37. The van der Waals surface area contributed by atoms with E-state index in [4.69, 9.17) is 4.74 Å². The van der Waals surface area contributed by atoms with E-state index in [9.17, 15) is 9.90 Å². The molecule has 2 unspecified atom stereocenters. The fourth-order valence-electron chi connectivity index (χ4n) is 3.00. The van der Waals surface area contributed by atoms with Gasteiger partial charge >= 0.3 is 0 Å². The quantitative estimate of drug-likeness (QED) is 0.940. The summed E-state index contributed by atoms with van der Waals surface area (Å²) in [5, 5.41) is 9.24. The number of morpholine rings is 1. The number of carbonyl (C=O) groups is 1. The first-order valence-electron chi connectivity index (χ1n) is 8.33. The Morgan fingerprint density at radius 1 is 1.12 bits per heavy atom. The summed E-state index contributed by atoms with van der Waals surface area (Å²) in [7, 11) is 0. The minimum absolute atomic E-state index is 0.0453. The number of rotatable bonds is 4. The van der Waals surface area contributed by atoms with Crippen LogP contribution in [0.4, 0.5) is 0 Å². The summed E-state index contributed by atoms with van der Waals surface area (Å²) in [5.41, 5.74) is 3.31. The third kappa shape index (κ3) is 3.83. The Kier molecular flexibility index (Phi) is 5.28. The van der Waals surface area contributed by atoms with E-state index < -0.39 is 0 Å². The number of hydrogen-bond acceptors (Lipinski definition) is 3. The molecule has 1 heterocycles. The van der Waals surface area contributed by atoms with Gasteiger partial charge in [-0.1, -0.05) is 54.6 Å². The Bertz CT molecular complexity index is 669. The van der Waals surface area contributed by atoms with Crippen molar-refractivity contribution in [3.8, 4) is 11.1 Å². The number of nitrogens with zero attached hydrogens (tertiary/aromatic N) is 1. The predicted octanol–water partition coefficient (Wildman–Crippen LogP) is 2.50. The van der Waals surface area contributed by atoms with Gasteiger partial charge in [-0.2, -0.15) is 0 Å². The van der Waals surface area contributed by atoms with Gasteiger partial charge in [-0.05, 0) is 23.6 Å². The second-order valence-corrected chi connectivity index (χ2v) is 6.27. The summed E-state index contributed by atoms with van der Waals surface area (Å²) in [6, 6.07) is 18.4. The Balaban J connectivity index is 1.66. The molecule has 0 radical (unpaired) electrons. The van der Waals surface area contributed by atoms with Crippen molar-refractivity contribution in [2.24, 2.45) is 0 Å². The van der Waals surface area contributed by atoms with Crippen LogP contribution in [0.1, 0.15) is 12.5 Å². The van der Waals surface area contributed by atoms with Crippen molar-refractivity contribution >= 4 is 5.91 Å². The van der Waals surface area contributed by atoms with Crippen LogP contribution in [-0.4, -0.2) is 47.8 Å². The molecule has 0 bridgehead atoms. The van der Waals surface area contributed by atoms with Gasteiger partial charge in [0.1, 0.15) is 0 Å². The Hall–Kier alpha value is -2.17. The van der Waals surface area contributed by atoms with E-state index in [-0.39, 0.29) is 24.7 Å². The monoisotopic (exact) mass is 325 g/mol. The number of aliphatic hydroxyl groups excluding tert-OH is 1. The molecule has 1 aliphatic rings. The molecule has 1 aliphatic heterocycles. The SMILES string of the molecule is CC1COC(CO)CN1C(=O)Cc1ccc(-c2ccccc2)cc1. The number of aliphatic hydroxyl groups is 1. The number of amides is 1. The van der Waals surface area contributed by atoms with Gasteiger partial charge in [0.2, 0.25) is 5.91 Å². The van der Waals surface area contributed by atoms with Gasteiger partial charge in [-0.25, -0.2) is 0 Å². The summed E-state index contributed by atoms with van der Waals surface area (Å²) < 4.78 is 5.49. The first-order chi connectivity index (χ1) is 11.7. The third-order valence-electron chi connectivity index (χ3n) is 4.45. The van der Waals surface area contributed by atoms with Crippen molar-refractivity contribution < 1.29 is 14.6 Å². The fraction of sp³-hybridized carbons (Fsp3) is 0.350. The predicted molar refractivity (Wildman–Crippen MR) is 93.6 cm³/mol. The summed E-state index contributed by atoms with van der Waals surface area (Å²) in [6.45, 7) is 2.86. The molecule has 0 spiro atoms. The van der Waals surface area contributed by atoms with E-state index >= 15 is 0 Å². The van der Waals surface area contributed by atoms with Gasteiger partial charge in [0.25, 0.3) is 0 Å². The highest BCUT2D eigenvalue weighted by molar-refractivity contribution is 5.79. The van der Waals surface area contributed by atoms with E-state index in [1.807, 2.05) is 42.2 Å². The summed E-state index contributed by atoms with van der Waals surface area (Å²) >= 11 is 0. The fourth-order valence-corrected chi connectivity index (χ4v) is 3.00. The smallest absolute Gasteiger partial charge is 0.227 e. The van der Waals surface area contributed by atoms with Crippen LogP contribution in [0, 0.1) is 0 Å². The van der Waals surface area contributed by atoms with Gasteiger partial charge < -0.3 is 14.7 Å². The van der Waals surface area contributed by atoms with Crippen LogP contribution < -0.4 is 0 Å². The molecule has 1 saturated heterocycles. The van der Waals surface area contributed by atoms with E-state index in [1.165, 1.54) is 5.56 Å². The molecule has 0 aliphatic carbocycles. The first-order valence-corrected chi connectivity index (χ1v) is 8.33. The van der Waals surface area contributed by atoms with Gasteiger partial charge in [0.15, 0.2) is 0 Å². The summed E-state index contributed by atoms with van der Waals surface area (Å²) in [6.07, 6.45) is 0.1000. The molecule has 1 N–H and O–H groups in total. The molecule has 24 heavy (non-hydrogen) atoms. The third-order valence-corrected chi connectivity index (χ3v) is 4.45. The zero-order valence-corrected chi connectivity index (χ0v) is 13.9. The second kappa shape index (κ2) is 7.60. The second-order valence-electron chi connectivity index (χ2n) is 6.27. The van der Waals surface area contributed by atoms with E-state index in [0.717, 1.165) is 11.1 Å². The highest BCUT2D eigenvalue weighted by Gasteiger charge is 2.29. The maximum Gasteiger partial charge on any atom is 0.227 e. The molecule has 2 aromatic carbocycles. The van der Waals surface area contributed by atoms with Crippen molar-refractivity contribution in [1.29, 1.82) is 0 Å². The lowest BCUT2D eigenvalue weighted by molar-refractivity contribution is -0.145. The number of carbonyl (C=O) groups excluding carboxylic acids is 1. The summed E-state index contributed by atoms with van der Waals surface area (Å²) in [4.78, 5) is 14.4. The van der Waals surface area contributed by atoms with E-state index in [2.05, 4.69) is 24.3 Å². The molecule has 2 atom stereocenters. The summed E-state index contributed by atoms with van der Waals surface area (Å²) in [5.74, 6) is 0.0803. The van der Waals surface area contributed by atoms with Gasteiger partial charge in [0, 0.05) is 6.54 Å². The lowest BCUT2D eigenvalue weighted by atomic mass is 10.0. The maximum atomic E-state index is 12.6. The molecule has 126 valence electrons. The zero-order chi connectivity index (χ0) is 16.9. The Morgan fingerprint density at radius 3 is 2.46 bits per heavy atom. The molecule has 4 heteroatoms. The topological polar surface area (TPSA) is 49.8 Å². The Labute approximate surface area is 142 Å². The first kappa shape index (κ1) is 16.7. The Morgan fingerprint density at radius 2 is 1.79 bits per heavy atom. The molecule has 3 rings (SSSR count).